The van der Waals surface area contributed by atoms with E-state index in [0.29, 0.717) is 18.8 Å². The predicted molar refractivity (Wildman–Crippen MR) is 92.5 cm³/mol. The van der Waals surface area contributed by atoms with Gasteiger partial charge in [0.15, 0.2) is 11.5 Å². The monoisotopic (exact) mass is 343 g/mol. The topological polar surface area (TPSA) is 66.1 Å². The zero-order valence-electron chi connectivity index (χ0n) is 13.6. The fourth-order valence-electron chi connectivity index (χ4n) is 3.80. The standard InChI is InChI=1S/C18H21N3O2S/c22-17(15-8-4-10-24-15)12-5-3-9-21(11-12)18(23)16-13-6-1-2-7-14(13)19-20-16/h4,8,10,12H,1-3,5-7,9,11H2,(H,19,20)/t12-/m1/s1. The molecule has 1 aliphatic carbocycles. The van der Waals surface area contributed by atoms with Crippen LogP contribution in [0.4, 0.5) is 0 Å². The quantitative estimate of drug-likeness (QED) is 0.871. The number of fused-ring (bicyclic) bond motifs is 1. The van der Waals surface area contributed by atoms with Gasteiger partial charge in [-0.1, -0.05) is 6.07 Å². The van der Waals surface area contributed by atoms with Crippen LogP contribution in [0.2, 0.25) is 0 Å². The molecule has 1 saturated heterocycles. The summed E-state index contributed by atoms with van der Waals surface area (Å²) in [4.78, 5) is 28.1. The van der Waals surface area contributed by atoms with Crippen molar-refractivity contribution in [1.29, 1.82) is 0 Å². The first kappa shape index (κ1) is 15.6. The van der Waals surface area contributed by atoms with E-state index in [1.165, 1.54) is 11.3 Å². The van der Waals surface area contributed by atoms with Crippen molar-refractivity contribution in [2.75, 3.05) is 13.1 Å². The Morgan fingerprint density at radius 1 is 1.25 bits per heavy atom. The summed E-state index contributed by atoms with van der Waals surface area (Å²) in [6.07, 6.45) is 5.92. The molecule has 0 aromatic carbocycles. The SMILES string of the molecule is O=C(c1cccs1)[C@@H]1CCCN(C(=O)c2n[nH]c3c2CCCC3)C1. The second kappa shape index (κ2) is 6.51. The predicted octanol–water partition coefficient (Wildman–Crippen LogP) is 3.09. The van der Waals surface area contributed by atoms with Crippen LogP contribution in [-0.4, -0.2) is 39.9 Å². The van der Waals surface area contributed by atoms with Crippen molar-refractivity contribution in [2.45, 2.75) is 38.5 Å². The van der Waals surface area contributed by atoms with E-state index in [1.807, 2.05) is 22.4 Å². The molecule has 126 valence electrons. The average molecular weight is 343 g/mol. The number of likely N-dealkylation sites (tertiary alicyclic amines) is 1. The van der Waals surface area contributed by atoms with Crippen molar-refractivity contribution in [1.82, 2.24) is 15.1 Å². The van der Waals surface area contributed by atoms with Gasteiger partial charge < -0.3 is 4.90 Å². The maximum absolute atomic E-state index is 12.9. The van der Waals surface area contributed by atoms with Crippen LogP contribution in [0.1, 0.15) is 57.1 Å². The molecular formula is C18H21N3O2S. The number of H-pyrrole nitrogens is 1. The van der Waals surface area contributed by atoms with Crippen molar-refractivity contribution in [3.63, 3.8) is 0 Å². The highest BCUT2D eigenvalue weighted by atomic mass is 32.1. The number of rotatable bonds is 3. The van der Waals surface area contributed by atoms with Crippen molar-refractivity contribution < 1.29 is 9.59 Å². The zero-order valence-corrected chi connectivity index (χ0v) is 14.4. The summed E-state index contributed by atoms with van der Waals surface area (Å²) < 4.78 is 0. The van der Waals surface area contributed by atoms with Gasteiger partial charge in [0.05, 0.1) is 4.88 Å². The van der Waals surface area contributed by atoms with E-state index < -0.39 is 0 Å². The number of hydrogen-bond acceptors (Lipinski definition) is 4. The Balaban J connectivity index is 1.51. The Morgan fingerprint density at radius 3 is 2.96 bits per heavy atom. The minimum Gasteiger partial charge on any atom is -0.337 e. The molecule has 4 rings (SSSR count). The lowest BCUT2D eigenvalue weighted by Gasteiger charge is -2.31. The molecule has 1 N–H and O–H groups in total. The lowest BCUT2D eigenvalue weighted by atomic mass is 9.92. The maximum Gasteiger partial charge on any atom is 0.274 e. The Hall–Kier alpha value is -1.95. The van der Waals surface area contributed by atoms with Gasteiger partial charge >= 0.3 is 0 Å². The fourth-order valence-corrected chi connectivity index (χ4v) is 4.55. The highest BCUT2D eigenvalue weighted by Crippen LogP contribution is 2.27. The van der Waals surface area contributed by atoms with Crippen molar-refractivity contribution in [3.05, 3.63) is 39.3 Å². The van der Waals surface area contributed by atoms with Crippen LogP contribution in [0.15, 0.2) is 17.5 Å². The first-order valence-corrected chi connectivity index (χ1v) is 9.55. The van der Waals surface area contributed by atoms with Gasteiger partial charge in [0.1, 0.15) is 0 Å². The summed E-state index contributed by atoms with van der Waals surface area (Å²) in [6, 6.07) is 3.78. The van der Waals surface area contributed by atoms with Gasteiger partial charge in [0, 0.05) is 30.3 Å². The Bertz CT molecular complexity index is 750. The average Bonchev–Trinajstić information content (AvgIpc) is 3.30. The molecule has 0 radical (unpaired) electrons. The Kier molecular flexibility index (Phi) is 4.22. The number of aromatic amines is 1. The number of carbonyl (C=O) groups is 2. The first-order chi connectivity index (χ1) is 11.7. The number of Topliss-reactive ketones (excluding diaryl/α,β-unsaturated/α-hetero) is 1. The smallest absolute Gasteiger partial charge is 0.274 e. The van der Waals surface area contributed by atoms with Gasteiger partial charge in [0.25, 0.3) is 5.91 Å². The normalized spacial score (nSPS) is 20.7. The number of nitrogens with zero attached hydrogens (tertiary/aromatic N) is 2. The molecule has 2 aliphatic rings. The first-order valence-electron chi connectivity index (χ1n) is 8.67. The lowest BCUT2D eigenvalue weighted by molar-refractivity contribution is 0.0632. The molecule has 0 spiro atoms. The zero-order chi connectivity index (χ0) is 16.5. The number of ketones is 1. The van der Waals surface area contributed by atoms with Gasteiger partial charge in [0.2, 0.25) is 0 Å². The number of aromatic nitrogens is 2. The molecule has 1 amide bonds. The molecule has 1 fully saturated rings. The van der Waals surface area contributed by atoms with Crippen molar-refractivity contribution >= 4 is 23.0 Å². The molecule has 0 saturated carbocycles. The summed E-state index contributed by atoms with van der Waals surface area (Å²) in [6.45, 7) is 1.23. The number of thiophene rings is 1. The third-order valence-electron chi connectivity index (χ3n) is 5.10. The van der Waals surface area contributed by atoms with Crippen LogP contribution >= 0.6 is 11.3 Å². The second-order valence-electron chi connectivity index (χ2n) is 6.67. The molecular weight excluding hydrogens is 322 g/mol. The number of carbonyl (C=O) groups excluding carboxylic acids is 2. The Morgan fingerprint density at radius 2 is 2.12 bits per heavy atom. The number of piperidine rings is 1. The van der Waals surface area contributed by atoms with Crippen molar-refractivity contribution in [3.8, 4) is 0 Å². The van der Waals surface area contributed by atoms with Crippen LogP contribution in [0.5, 0.6) is 0 Å². The van der Waals surface area contributed by atoms with Gasteiger partial charge in [-0.2, -0.15) is 5.10 Å². The molecule has 5 nitrogen and oxygen atoms in total. The van der Waals surface area contributed by atoms with E-state index >= 15 is 0 Å². The minimum atomic E-state index is -0.0869. The van der Waals surface area contributed by atoms with Crippen LogP contribution < -0.4 is 0 Å². The summed E-state index contributed by atoms with van der Waals surface area (Å²) in [5.41, 5.74) is 2.79. The number of hydrogen-bond donors (Lipinski definition) is 1. The number of aryl methyl sites for hydroxylation is 1. The van der Waals surface area contributed by atoms with E-state index in [4.69, 9.17) is 0 Å². The van der Waals surface area contributed by atoms with Gasteiger partial charge in [-0.15, -0.1) is 11.3 Å². The number of amides is 1. The molecule has 1 atom stereocenters. The molecule has 0 unspecified atom stereocenters. The molecule has 24 heavy (non-hydrogen) atoms. The van der Waals surface area contributed by atoms with E-state index in [2.05, 4.69) is 10.2 Å². The lowest BCUT2D eigenvalue weighted by Crippen LogP contribution is -2.42. The molecule has 2 aromatic heterocycles. The highest BCUT2D eigenvalue weighted by Gasteiger charge is 2.32. The fraction of sp³-hybridized carbons (Fsp3) is 0.500. The molecule has 3 heterocycles. The van der Waals surface area contributed by atoms with Crippen LogP contribution in [0, 0.1) is 5.92 Å². The highest BCUT2D eigenvalue weighted by molar-refractivity contribution is 7.12. The summed E-state index contributed by atoms with van der Waals surface area (Å²) in [7, 11) is 0. The van der Waals surface area contributed by atoms with E-state index in [1.54, 1.807) is 0 Å². The van der Waals surface area contributed by atoms with Crippen LogP contribution in [-0.2, 0) is 12.8 Å². The van der Waals surface area contributed by atoms with Gasteiger partial charge in [-0.3, -0.25) is 14.7 Å². The molecule has 1 aliphatic heterocycles. The summed E-state index contributed by atoms with van der Waals surface area (Å²) >= 11 is 1.48. The van der Waals surface area contributed by atoms with E-state index in [0.717, 1.165) is 54.7 Å². The Labute approximate surface area is 145 Å². The maximum atomic E-state index is 12.9. The minimum absolute atomic E-state index is 0.0157. The van der Waals surface area contributed by atoms with E-state index in [-0.39, 0.29) is 17.6 Å². The van der Waals surface area contributed by atoms with Gasteiger partial charge in [-0.05, 0) is 50.0 Å². The third-order valence-corrected chi connectivity index (χ3v) is 5.99. The second-order valence-corrected chi connectivity index (χ2v) is 7.62. The summed E-state index contributed by atoms with van der Waals surface area (Å²) in [5, 5.41) is 9.26. The molecule has 2 aromatic rings. The van der Waals surface area contributed by atoms with E-state index in [9.17, 15) is 9.59 Å². The van der Waals surface area contributed by atoms with Crippen molar-refractivity contribution in [2.24, 2.45) is 5.92 Å². The summed E-state index contributed by atoms with van der Waals surface area (Å²) in [5.74, 6) is 0.0701. The molecule has 0 bridgehead atoms. The van der Waals surface area contributed by atoms with Gasteiger partial charge in [-0.25, -0.2) is 0 Å². The van der Waals surface area contributed by atoms with Crippen LogP contribution in [0.25, 0.3) is 0 Å². The molecule has 6 heteroatoms. The third kappa shape index (κ3) is 2.79. The number of nitrogens with one attached hydrogen (secondary N) is 1. The van der Waals surface area contributed by atoms with Crippen LogP contribution in [0.3, 0.4) is 0 Å². The largest absolute Gasteiger partial charge is 0.337 e.